The van der Waals surface area contributed by atoms with Gasteiger partial charge in [0.05, 0.1) is 0 Å². The van der Waals surface area contributed by atoms with E-state index < -0.39 is 0 Å². The quantitative estimate of drug-likeness (QED) is 0.589. The van der Waals surface area contributed by atoms with Crippen molar-refractivity contribution in [2.75, 3.05) is 11.4 Å². The molecule has 1 saturated heterocycles. The third-order valence-corrected chi connectivity index (χ3v) is 3.29. The maximum absolute atomic E-state index is 7.35. The number of benzene rings is 1. The number of hydrogen-bond acceptors (Lipinski definition) is 2. The molecule has 2 unspecified atom stereocenters. The van der Waals surface area contributed by atoms with Crippen molar-refractivity contribution in [2.24, 2.45) is 11.7 Å². The van der Waals surface area contributed by atoms with Crippen LogP contribution >= 0.6 is 0 Å². The summed E-state index contributed by atoms with van der Waals surface area (Å²) in [5.74, 6) is 0.900. The van der Waals surface area contributed by atoms with Gasteiger partial charge in [0.15, 0.2) is 0 Å². The number of nitrogens with one attached hydrogen (secondary N) is 1. The van der Waals surface area contributed by atoms with Gasteiger partial charge in [0.2, 0.25) is 0 Å². The topological polar surface area (TPSA) is 53.1 Å². The first-order chi connectivity index (χ1) is 7.58. The molecule has 0 radical (unpaired) electrons. The normalized spacial score (nSPS) is 24.8. The zero-order chi connectivity index (χ0) is 11.7. The molecular weight excluding hydrogens is 198 g/mol. The van der Waals surface area contributed by atoms with Gasteiger partial charge in [-0.05, 0) is 43.5 Å². The second-order valence-electron chi connectivity index (χ2n) is 4.80. The summed E-state index contributed by atoms with van der Waals surface area (Å²) >= 11 is 0. The first-order valence-corrected chi connectivity index (χ1v) is 5.79. The summed E-state index contributed by atoms with van der Waals surface area (Å²) < 4.78 is 0. The van der Waals surface area contributed by atoms with Gasteiger partial charge in [-0.1, -0.05) is 6.92 Å². The molecule has 0 aliphatic carbocycles. The number of amidine groups is 1. The van der Waals surface area contributed by atoms with E-state index in [9.17, 15) is 0 Å². The molecule has 2 rings (SSSR count). The molecule has 0 spiro atoms. The minimum Gasteiger partial charge on any atom is -0.384 e. The molecule has 1 aromatic rings. The van der Waals surface area contributed by atoms with Crippen LogP contribution in [-0.4, -0.2) is 18.4 Å². The SMILES string of the molecule is CC1CC(C)N(c2ccc(C(=N)N)cc2)C1. The third kappa shape index (κ3) is 2.03. The van der Waals surface area contributed by atoms with Gasteiger partial charge < -0.3 is 10.6 Å². The van der Waals surface area contributed by atoms with Crippen molar-refractivity contribution in [3.05, 3.63) is 29.8 Å². The predicted octanol–water partition coefficient (Wildman–Crippen LogP) is 2.21. The van der Waals surface area contributed by atoms with Crippen LogP contribution < -0.4 is 10.6 Å². The fraction of sp³-hybridized carbons (Fsp3) is 0.462. The van der Waals surface area contributed by atoms with Crippen LogP contribution in [0.3, 0.4) is 0 Å². The molecule has 1 aliphatic heterocycles. The Hall–Kier alpha value is -1.51. The number of nitrogens with zero attached hydrogens (tertiary/aromatic N) is 1. The van der Waals surface area contributed by atoms with Crippen LogP contribution in [0.15, 0.2) is 24.3 Å². The number of rotatable bonds is 2. The van der Waals surface area contributed by atoms with Crippen molar-refractivity contribution >= 4 is 11.5 Å². The van der Waals surface area contributed by atoms with E-state index in [-0.39, 0.29) is 5.84 Å². The first-order valence-electron chi connectivity index (χ1n) is 5.79. The standard InChI is InChI=1S/C13H19N3/c1-9-7-10(2)16(8-9)12-5-3-11(4-6-12)13(14)15/h3-6,9-10H,7-8H2,1-2H3,(H3,14,15). The third-order valence-electron chi connectivity index (χ3n) is 3.29. The Kier molecular flexibility index (Phi) is 2.86. The van der Waals surface area contributed by atoms with E-state index in [1.54, 1.807) is 0 Å². The minimum absolute atomic E-state index is 0.134. The Labute approximate surface area is 96.8 Å². The average molecular weight is 217 g/mol. The van der Waals surface area contributed by atoms with Gasteiger partial charge in [-0.15, -0.1) is 0 Å². The highest BCUT2D eigenvalue weighted by atomic mass is 15.2. The van der Waals surface area contributed by atoms with Crippen LogP contribution in [0.4, 0.5) is 5.69 Å². The van der Waals surface area contributed by atoms with Crippen molar-refractivity contribution in [3.8, 4) is 0 Å². The Bertz CT molecular complexity index is 383. The lowest BCUT2D eigenvalue weighted by Gasteiger charge is -2.24. The summed E-state index contributed by atoms with van der Waals surface area (Å²) in [4.78, 5) is 2.43. The van der Waals surface area contributed by atoms with Crippen molar-refractivity contribution in [3.63, 3.8) is 0 Å². The largest absolute Gasteiger partial charge is 0.384 e. The van der Waals surface area contributed by atoms with E-state index in [2.05, 4.69) is 30.9 Å². The van der Waals surface area contributed by atoms with E-state index in [0.717, 1.165) is 18.0 Å². The van der Waals surface area contributed by atoms with E-state index in [1.807, 2.05) is 12.1 Å². The number of anilines is 1. The van der Waals surface area contributed by atoms with Gasteiger partial charge in [0.25, 0.3) is 0 Å². The zero-order valence-corrected chi connectivity index (χ0v) is 9.90. The fourth-order valence-electron chi connectivity index (χ4n) is 2.49. The van der Waals surface area contributed by atoms with Crippen molar-refractivity contribution < 1.29 is 0 Å². The molecule has 1 fully saturated rings. The van der Waals surface area contributed by atoms with Crippen LogP contribution in [-0.2, 0) is 0 Å². The molecule has 1 aliphatic rings. The van der Waals surface area contributed by atoms with Crippen LogP contribution in [0.5, 0.6) is 0 Å². The number of nitrogens with two attached hydrogens (primary N) is 1. The summed E-state index contributed by atoms with van der Waals surface area (Å²) in [6.45, 7) is 5.68. The van der Waals surface area contributed by atoms with Gasteiger partial charge in [0.1, 0.15) is 5.84 Å². The molecule has 2 atom stereocenters. The van der Waals surface area contributed by atoms with Crippen molar-refractivity contribution in [1.82, 2.24) is 0 Å². The highest BCUT2D eigenvalue weighted by Crippen LogP contribution is 2.28. The lowest BCUT2D eigenvalue weighted by atomic mass is 10.1. The lowest BCUT2D eigenvalue weighted by molar-refractivity contribution is 0.625. The highest BCUT2D eigenvalue weighted by Gasteiger charge is 2.25. The highest BCUT2D eigenvalue weighted by molar-refractivity contribution is 5.95. The summed E-state index contributed by atoms with van der Waals surface area (Å²) in [6, 6.07) is 8.58. The Balaban J connectivity index is 2.19. The van der Waals surface area contributed by atoms with Gasteiger partial charge >= 0.3 is 0 Å². The maximum Gasteiger partial charge on any atom is 0.122 e. The maximum atomic E-state index is 7.35. The molecule has 16 heavy (non-hydrogen) atoms. The van der Waals surface area contributed by atoms with Crippen LogP contribution in [0.25, 0.3) is 0 Å². The smallest absolute Gasteiger partial charge is 0.122 e. The van der Waals surface area contributed by atoms with E-state index in [4.69, 9.17) is 11.1 Å². The average Bonchev–Trinajstić information content (AvgIpc) is 2.58. The Morgan fingerprint density at radius 1 is 1.31 bits per heavy atom. The lowest BCUT2D eigenvalue weighted by Crippen LogP contribution is -2.26. The predicted molar refractivity (Wildman–Crippen MR) is 68.0 cm³/mol. The second-order valence-corrected chi connectivity index (χ2v) is 4.80. The molecule has 3 nitrogen and oxygen atoms in total. The monoisotopic (exact) mass is 217 g/mol. The summed E-state index contributed by atoms with van der Waals surface area (Å²) in [7, 11) is 0. The molecular formula is C13H19N3. The molecule has 0 aromatic heterocycles. The second kappa shape index (κ2) is 4.16. The molecule has 3 heteroatoms. The van der Waals surface area contributed by atoms with Crippen molar-refractivity contribution in [2.45, 2.75) is 26.3 Å². The van der Waals surface area contributed by atoms with Gasteiger partial charge in [-0.3, -0.25) is 5.41 Å². The molecule has 0 saturated carbocycles. The molecule has 3 N–H and O–H groups in total. The van der Waals surface area contributed by atoms with Gasteiger partial charge in [-0.25, -0.2) is 0 Å². The van der Waals surface area contributed by atoms with Crippen molar-refractivity contribution in [1.29, 1.82) is 5.41 Å². The summed E-state index contributed by atoms with van der Waals surface area (Å²) in [5, 5.41) is 7.35. The van der Waals surface area contributed by atoms with E-state index >= 15 is 0 Å². The van der Waals surface area contributed by atoms with Crippen LogP contribution in [0.2, 0.25) is 0 Å². The van der Waals surface area contributed by atoms with Crippen LogP contribution in [0, 0.1) is 11.3 Å². The van der Waals surface area contributed by atoms with E-state index in [0.29, 0.717) is 6.04 Å². The fourth-order valence-corrected chi connectivity index (χ4v) is 2.49. The molecule has 0 bridgehead atoms. The first kappa shape index (κ1) is 11.0. The Morgan fingerprint density at radius 3 is 2.38 bits per heavy atom. The zero-order valence-electron chi connectivity index (χ0n) is 9.90. The number of nitrogen functional groups attached to an aromatic ring is 1. The minimum atomic E-state index is 0.134. The molecule has 86 valence electrons. The number of hydrogen-bond donors (Lipinski definition) is 2. The van der Waals surface area contributed by atoms with Crippen LogP contribution in [0.1, 0.15) is 25.8 Å². The molecule has 1 heterocycles. The summed E-state index contributed by atoms with van der Waals surface area (Å²) in [5.41, 5.74) is 7.47. The van der Waals surface area contributed by atoms with Gasteiger partial charge in [0, 0.05) is 23.8 Å². The van der Waals surface area contributed by atoms with E-state index in [1.165, 1.54) is 12.1 Å². The molecule has 1 aromatic carbocycles. The molecule has 0 amide bonds. The Morgan fingerprint density at radius 2 is 1.94 bits per heavy atom. The summed E-state index contributed by atoms with van der Waals surface area (Å²) in [6.07, 6.45) is 1.26. The van der Waals surface area contributed by atoms with Gasteiger partial charge in [-0.2, -0.15) is 0 Å².